The van der Waals surface area contributed by atoms with E-state index >= 15 is 0 Å². The number of rotatable bonds is 3. The third-order valence-electron chi connectivity index (χ3n) is 2.87. The first-order chi connectivity index (χ1) is 9.77. The highest BCUT2D eigenvalue weighted by Gasteiger charge is 2.30. The standard InChI is InChI=1S/C14H12F3N3O/c1-8-2-3-9(13(18)21)6-11(8)20-12-7-10(4-5-19-12)14(15,16)17/h2-7H,1H3,(H2,18,21)(H,19,20). The van der Waals surface area contributed by atoms with E-state index in [9.17, 15) is 18.0 Å². The van der Waals surface area contributed by atoms with E-state index in [4.69, 9.17) is 5.73 Å². The van der Waals surface area contributed by atoms with Gasteiger partial charge in [0.2, 0.25) is 5.91 Å². The van der Waals surface area contributed by atoms with Crippen molar-refractivity contribution in [1.82, 2.24) is 4.98 Å². The van der Waals surface area contributed by atoms with E-state index in [0.29, 0.717) is 5.69 Å². The number of nitrogens with zero attached hydrogens (tertiary/aromatic N) is 1. The second kappa shape index (κ2) is 5.43. The van der Waals surface area contributed by atoms with Crippen molar-refractivity contribution in [3.8, 4) is 0 Å². The monoisotopic (exact) mass is 295 g/mol. The number of nitrogens with one attached hydrogen (secondary N) is 1. The zero-order valence-electron chi connectivity index (χ0n) is 11.0. The Bertz CT molecular complexity index is 683. The Labute approximate surface area is 118 Å². The Kier molecular flexibility index (Phi) is 3.84. The minimum Gasteiger partial charge on any atom is -0.366 e. The topological polar surface area (TPSA) is 68.0 Å². The summed E-state index contributed by atoms with van der Waals surface area (Å²) in [6.07, 6.45) is -3.37. The summed E-state index contributed by atoms with van der Waals surface area (Å²) in [5, 5.41) is 2.76. The van der Waals surface area contributed by atoms with Gasteiger partial charge in [0.25, 0.3) is 0 Å². The summed E-state index contributed by atoms with van der Waals surface area (Å²) in [4.78, 5) is 15.0. The molecule has 2 rings (SSSR count). The van der Waals surface area contributed by atoms with Crippen LogP contribution in [0, 0.1) is 6.92 Å². The number of pyridine rings is 1. The quantitative estimate of drug-likeness (QED) is 0.913. The molecule has 3 N–H and O–H groups in total. The number of alkyl halides is 3. The number of aromatic nitrogens is 1. The first-order valence-corrected chi connectivity index (χ1v) is 5.98. The van der Waals surface area contributed by atoms with Crippen LogP contribution >= 0.6 is 0 Å². The molecule has 0 unspecified atom stereocenters. The van der Waals surface area contributed by atoms with Crippen LogP contribution in [0.5, 0.6) is 0 Å². The predicted molar refractivity (Wildman–Crippen MR) is 72.2 cm³/mol. The molecule has 0 saturated heterocycles. The maximum absolute atomic E-state index is 12.6. The zero-order valence-corrected chi connectivity index (χ0v) is 11.0. The summed E-state index contributed by atoms with van der Waals surface area (Å²) in [6, 6.07) is 6.45. The summed E-state index contributed by atoms with van der Waals surface area (Å²) < 4.78 is 37.9. The third kappa shape index (κ3) is 3.50. The van der Waals surface area contributed by atoms with E-state index in [1.54, 1.807) is 19.1 Å². The van der Waals surface area contributed by atoms with Crippen LogP contribution in [0.4, 0.5) is 24.7 Å². The number of amides is 1. The molecule has 0 atom stereocenters. The molecule has 2 aromatic rings. The van der Waals surface area contributed by atoms with Crippen molar-refractivity contribution in [2.24, 2.45) is 5.73 Å². The molecule has 0 saturated carbocycles. The van der Waals surface area contributed by atoms with Crippen molar-refractivity contribution in [2.45, 2.75) is 13.1 Å². The summed E-state index contributed by atoms with van der Waals surface area (Å²) in [7, 11) is 0. The van der Waals surface area contributed by atoms with Gasteiger partial charge in [-0.25, -0.2) is 4.98 Å². The van der Waals surface area contributed by atoms with Crippen LogP contribution in [0.3, 0.4) is 0 Å². The Hall–Kier alpha value is -2.57. The van der Waals surface area contributed by atoms with Crippen molar-refractivity contribution in [2.75, 3.05) is 5.32 Å². The molecule has 0 aliphatic heterocycles. The van der Waals surface area contributed by atoms with Gasteiger partial charge >= 0.3 is 6.18 Å². The number of hydrogen-bond donors (Lipinski definition) is 2. The highest BCUT2D eigenvalue weighted by molar-refractivity contribution is 5.94. The SMILES string of the molecule is Cc1ccc(C(N)=O)cc1Nc1cc(C(F)(F)F)ccn1. The maximum atomic E-state index is 12.6. The number of carbonyl (C=O) groups excluding carboxylic acids is 1. The van der Waals surface area contributed by atoms with Gasteiger partial charge in [-0.15, -0.1) is 0 Å². The van der Waals surface area contributed by atoms with Gasteiger partial charge < -0.3 is 11.1 Å². The lowest BCUT2D eigenvalue weighted by Gasteiger charge is -2.12. The fourth-order valence-electron chi connectivity index (χ4n) is 1.72. The van der Waals surface area contributed by atoms with Crippen molar-refractivity contribution < 1.29 is 18.0 Å². The van der Waals surface area contributed by atoms with Crippen LogP contribution < -0.4 is 11.1 Å². The molecule has 110 valence electrons. The number of benzene rings is 1. The molecule has 4 nitrogen and oxygen atoms in total. The molecule has 1 heterocycles. The molecule has 7 heteroatoms. The van der Waals surface area contributed by atoms with Crippen molar-refractivity contribution in [3.05, 3.63) is 53.2 Å². The molecule has 0 fully saturated rings. The number of nitrogens with two attached hydrogens (primary N) is 1. The molecule has 0 spiro atoms. The molecule has 0 radical (unpaired) electrons. The van der Waals surface area contributed by atoms with Gasteiger partial charge in [0.1, 0.15) is 5.82 Å². The lowest BCUT2D eigenvalue weighted by Crippen LogP contribution is -2.11. The van der Waals surface area contributed by atoms with E-state index < -0.39 is 17.6 Å². The first kappa shape index (κ1) is 14.8. The minimum atomic E-state index is -4.44. The van der Waals surface area contributed by atoms with E-state index in [0.717, 1.165) is 23.9 Å². The van der Waals surface area contributed by atoms with E-state index in [-0.39, 0.29) is 11.4 Å². The lowest BCUT2D eigenvalue weighted by atomic mass is 10.1. The minimum absolute atomic E-state index is 0.0366. The number of hydrogen-bond acceptors (Lipinski definition) is 3. The number of carbonyl (C=O) groups is 1. The highest BCUT2D eigenvalue weighted by atomic mass is 19.4. The Morgan fingerprint density at radius 3 is 2.57 bits per heavy atom. The normalized spacial score (nSPS) is 11.2. The fourth-order valence-corrected chi connectivity index (χ4v) is 1.72. The summed E-state index contributed by atoms with van der Waals surface area (Å²) >= 11 is 0. The summed E-state index contributed by atoms with van der Waals surface area (Å²) in [5.41, 5.74) is 5.85. The molecule has 1 aromatic carbocycles. The molecule has 0 aliphatic rings. The second-order valence-electron chi connectivity index (χ2n) is 4.45. The highest BCUT2D eigenvalue weighted by Crippen LogP contribution is 2.31. The molecular formula is C14H12F3N3O. The van der Waals surface area contributed by atoms with E-state index in [1.165, 1.54) is 6.07 Å². The number of anilines is 2. The molecule has 21 heavy (non-hydrogen) atoms. The van der Waals surface area contributed by atoms with Gasteiger partial charge in [0.05, 0.1) is 5.56 Å². The average molecular weight is 295 g/mol. The molecular weight excluding hydrogens is 283 g/mol. The van der Waals surface area contributed by atoms with Crippen LogP contribution in [0.2, 0.25) is 0 Å². The molecule has 0 bridgehead atoms. The van der Waals surface area contributed by atoms with E-state index in [1.807, 2.05) is 0 Å². The number of halogens is 3. The summed E-state index contributed by atoms with van der Waals surface area (Å²) in [5.74, 6) is -0.579. The lowest BCUT2D eigenvalue weighted by molar-refractivity contribution is -0.137. The predicted octanol–water partition coefficient (Wildman–Crippen LogP) is 3.25. The Balaban J connectivity index is 2.34. The van der Waals surface area contributed by atoms with Gasteiger partial charge in [0, 0.05) is 17.4 Å². The van der Waals surface area contributed by atoms with Crippen molar-refractivity contribution in [1.29, 1.82) is 0 Å². The molecule has 0 aliphatic carbocycles. The van der Waals surface area contributed by atoms with Crippen LogP contribution in [0.25, 0.3) is 0 Å². The molecule has 1 aromatic heterocycles. The van der Waals surface area contributed by atoms with Gasteiger partial charge in [-0.3, -0.25) is 4.79 Å². The van der Waals surface area contributed by atoms with Gasteiger partial charge in [0.15, 0.2) is 0 Å². The first-order valence-electron chi connectivity index (χ1n) is 5.98. The van der Waals surface area contributed by atoms with Crippen LogP contribution in [0.1, 0.15) is 21.5 Å². The smallest absolute Gasteiger partial charge is 0.366 e. The second-order valence-corrected chi connectivity index (χ2v) is 4.45. The average Bonchev–Trinajstić information content (AvgIpc) is 2.40. The zero-order chi connectivity index (χ0) is 15.6. The van der Waals surface area contributed by atoms with Crippen molar-refractivity contribution in [3.63, 3.8) is 0 Å². The van der Waals surface area contributed by atoms with Crippen LogP contribution in [-0.2, 0) is 6.18 Å². The molecule has 1 amide bonds. The van der Waals surface area contributed by atoms with Gasteiger partial charge in [-0.1, -0.05) is 6.07 Å². The summed E-state index contributed by atoms with van der Waals surface area (Å²) in [6.45, 7) is 1.75. The number of primary amides is 1. The van der Waals surface area contributed by atoms with Gasteiger partial charge in [-0.2, -0.15) is 13.2 Å². The van der Waals surface area contributed by atoms with Gasteiger partial charge in [-0.05, 0) is 36.8 Å². The van der Waals surface area contributed by atoms with Crippen LogP contribution in [0.15, 0.2) is 36.5 Å². The maximum Gasteiger partial charge on any atom is 0.416 e. The fraction of sp³-hybridized carbons (Fsp3) is 0.143. The number of aryl methyl sites for hydroxylation is 1. The van der Waals surface area contributed by atoms with Crippen LogP contribution in [-0.4, -0.2) is 10.9 Å². The third-order valence-corrected chi connectivity index (χ3v) is 2.87. The Morgan fingerprint density at radius 1 is 1.24 bits per heavy atom. The van der Waals surface area contributed by atoms with Crippen molar-refractivity contribution >= 4 is 17.4 Å². The Morgan fingerprint density at radius 2 is 1.95 bits per heavy atom. The largest absolute Gasteiger partial charge is 0.416 e. The van der Waals surface area contributed by atoms with E-state index in [2.05, 4.69) is 10.3 Å².